The van der Waals surface area contributed by atoms with Gasteiger partial charge < -0.3 is 10.6 Å². The molecule has 1 aliphatic heterocycles. The highest BCUT2D eigenvalue weighted by Gasteiger charge is 2.29. The van der Waals surface area contributed by atoms with E-state index in [2.05, 4.69) is 51.3 Å². The van der Waals surface area contributed by atoms with Crippen molar-refractivity contribution in [2.75, 3.05) is 28.4 Å². The van der Waals surface area contributed by atoms with Gasteiger partial charge in [-0.3, -0.25) is 4.72 Å². The van der Waals surface area contributed by atoms with E-state index in [1.807, 2.05) is 0 Å². The van der Waals surface area contributed by atoms with Gasteiger partial charge in [0.1, 0.15) is 23.3 Å². The zero-order valence-corrected chi connectivity index (χ0v) is 24.9. The first-order valence-electron chi connectivity index (χ1n) is 12.3. The first-order chi connectivity index (χ1) is 18.2. The van der Waals surface area contributed by atoms with Gasteiger partial charge in [-0.2, -0.15) is 4.98 Å². The van der Waals surface area contributed by atoms with Crippen molar-refractivity contribution in [3.8, 4) is 0 Å². The van der Waals surface area contributed by atoms with Gasteiger partial charge in [-0.15, -0.1) is 0 Å². The van der Waals surface area contributed by atoms with Crippen LogP contribution >= 0.6 is 22.9 Å². The molecule has 39 heavy (non-hydrogen) atoms. The monoisotopic (exact) mass is 674 g/mol. The molecule has 1 fully saturated rings. The van der Waals surface area contributed by atoms with Gasteiger partial charge in [0.2, 0.25) is 16.0 Å². The zero-order chi connectivity index (χ0) is 28.5. The first kappa shape index (κ1) is 29.3. The third kappa shape index (κ3) is 7.11. The third-order valence-electron chi connectivity index (χ3n) is 6.37. The Morgan fingerprint density at radius 1 is 0.949 bits per heavy atom. The van der Waals surface area contributed by atoms with Gasteiger partial charge in [0.25, 0.3) is 0 Å². The van der Waals surface area contributed by atoms with Crippen molar-refractivity contribution < 1.29 is 21.6 Å². The summed E-state index contributed by atoms with van der Waals surface area (Å²) >= 11 is 2.21. The van der Waals surface area contributed by atoms with E-state index < -0.39 is 32.2 Å². The van der Waals surface area contributed by atoms with Crippen molar-refractivity contribution in [1.82, 2.24) is 13.1 Å². The number of benzene rings is 2. The lowest BCUT2D eigenvalue weighted by Crippen LogP contribution is -2.33. The van der Waals surface area contributed by atoms with E-state index in [0.717, 1.165) is 19.2 Å². The minimum absolute atomic E-state index is 0.0488. The number of nitrogens with zero attached hydrogens (tertiary/aromatic N) is 3. The van der Waals surface area contributed by atoms with Crippen molar-refractivity contribution in [2.24, 2.45) is 0 Å². The van der Waals surface area contributed by atoms with Crippen LogP contribution in [-0.4, -0.2) is 39.3 Å². The van der Waals surface area contributed by atoms with Crippen LogP contribution in [0.3, 0.4) is 0 Å². The highest BCUT2D eigenvalue weighted by molar-refractivity contribution is 14.1. The molecule has 0 atom stereocenters. The Kier molecular flexibility index (Phi) is 8.61. The standard InChI is InChI=1S/C26H30F3IN6O2S/c1-15-14-31-25(33-19-12-21(28)23(22(29)13-19)16-5-7-36(30)8-6-16)34-24(15)32-18-9-17(27)10-20(11-18)35-39(37,38)26(2,3)4/h9-14,16,35H,5-8H2,1-4H3,(H2,31,32,33,34). The van der Waals surface area contributed by atoms with Crippen molar-refractivity contribution in [3.63, 3.8) is 0 Å². The molecule has 8 nitrogen and oxygen atoms in total. The fourth-order valence-corrected chi connectivity index (χ4v) is 5.40. The normalized spacial score (nSPS) is 15.3. The lowest BCUT2D eigenvalue weighted by atomic mass is 9.89. The second kappa shape index (κ2) is 11.5. The Morgan fingerprint density at radius 3 is 2.15 bits per heavy atom. The summed E-state index contributed by atoms with van der Waals surface area (Å²) in [6, 6.07) is 6.16. The molecule has 1 saturated heterocycles. The molecule has 1 aliphatic rings. The average molecular weight is 675 g/mol. The molecule has 0 radical (unpaired) electrons. The number of nitrogens with one attached hydrogen (secondary N) is 3. The Morgan fingerprint density at radius 2 is 1.54 bits per heavy atom. The minimum atomic E-state index is -3.77. The molecular weight excluding hydrogens is 644 g/mol. The number of sulfonamides is 1. The van der Waals surface area contributed by atoms with Crippen molar-refractivity contribution in [2.45, 2.75) is 51.2 Å². The van der Waals surface area contributed by atoms with Crippen LogP contribution in [0, 0.1) is 24.4 Å². The second-order valence-electron chi connectivity index (χ2n) is 10.5. The lowest BCUT2D eigenvalue weighted by molar-refractivity contribution is 0.354. The van der Waals surface area contributed by atoms with E-state index in [1.165, 1.54) is 51.2 Å². The molecule has 2 heterocycles. The SMILES string of the molecule is Cc1cnc(Nc2cc(F)c(C3CCN(I)CC3)c(F)c2)nc1Nc1cc(F)cc(NS(=O)(=O)C(C)(C)C)c1. The number of hydrogen-bond acceptors (Lipinski definition) is 7. The van der Waals surface area contributed by atoms with Gasteiger partial charge in [0, 0.05) is 64.7 Å². The number of hydrogen-bond donors (Lipinski definition) is 3. The number of aryl methyl sites for hydroxylation is 1. The predicted molar refractivity (Wildman–Crippen MR) is 156 cm³/mol. The molecule has 0 aliphatic carbocycles. The predicted octanol–water partition coefficient (Wildman–Crippen LogP) is 6.76. The Labute approximate surface area is 240 Å². The molecular formula is C26H30F3IN6O2S. The maximum Gasteiger partial charge on any atom is 0.237 e. The molecule has 0 unspecified atom stereocenters. The molecule has 13 heteroatoms. The highest BCUT2D eigenvalue weighted by atomic mass is 127. The van der Waals surface area contributed by atoms with Crippen LogP contribution in [0.4, 0.5) is 42.0 Å². The van der Waals surface area contributed by atoms with Crippen LogP contribution in [0.15, 0.2) is 36.5 Å². The zero-order valence-electron chi connectivity index (χ0n) is 21.9. The van der Waals surface area contributed by atoms with E-state index >= 15 is 0 Å². The lowest BCUT2D eigenvalue weighted by Gasteiger charge is -2.28. The summed E-state index contributed by atoms with van der Waals surface area (Å²) in [5.74, 6) is -1.73. The third-order valence-corrected chi connectivity index (χ3v) is 9.46. The van der Waals surface area contributed by atoms with Crippen LogP contribution in [0.2, 0.25) is 0 Å². The van der Waals surface area contributed by atoms with E-state index in [1.54, 1.807) is 6.92 Å². The molecule has 2 aromatic carbocycles. The first-order valence-corrected chi connectivity index (χ1v) is 14.8. The van der Waals surface area contributed by atoms with Gasteiger partial charge >= 0.3 is 0 Å². The molecule has 0 bridgehead atoms. The van der Waals surface area contributed by atoms with Crippen LogP contribution in [0.1, 0.15) is 50.7 Å². The van der Waals surface area contributed by atoms with E-state index in [9.17, 15) is 21.6 Å². The maximum absolute atomic E-state index is 15.0. The average Bonchev–Trinajstić information content (AvgIpc) is 2.80. The van der Waals surface area contributed by atoms with Crippen LogP contribution < -0.4 is 15.4 Å². The number of piperidine rings is 1. The Bertz CT molecular complexity index is 1450. The quantitative estimate of drug-likeness (QED) is 0.188. The summed E-state index contributed by atoms with van der Waals surface area (Å²) in [7, 11) is -3.77. The molecule has 210 valence electrons. The van der Waals surface area contributed by atoms with Gasteiger partial charge in [-0.05, 0) is 76.8 Å². The van der Waals surface area contributed by atoms with Gasteiger partial charge in [-0.25, -0.2) is 29.7 Å². The van der Waals surface area contributed by atoms with Crippen molar-refractivity contribution in [1.29, 1.82) is 0 Å². The summed E-state index contributed by atoms with van der Waals surface area (Å²) in [5, 5.41) is 5.79. The van der Waals surface area contributed by atoms with Crippen LogP contribution in [0.25, 0.3) is 0 Å². The molecule has 0 spiro atoms. The fourth-order valence-electron chi connectivity index (χ4n) is 4.11. The second-order valence-corrected chi connectivity index (χ2v) is 14.3. The van der Waals surface area contributed by atoms with Crippen molar-refractivity contribution in [3.05, 3.63) is 65.1 Å². The Hall–Kier alpha value is -2.65. The summed E-state index contributed by atoms with van der Waals surface area (Å²) in [5.41, 5.74) is 1.15. The minimum Gasteiger partial charge on any atom is -0.340 e. The summed E-state index contributed by atoms with van der Waals surface area (Å²) in [6.07, 6.45) is 2.86. The highest BCUT2D eigenvalue weighted by Crippen LogP contribution is 2.35. The Balaban J connectivity index is 1.54. The van der Waals surface area contributed by atoms with Crippen molar-refractivity contribution >= 4 is 61.7 Å². The molecule has 0 amide bonds. The van der Waals surface area contributed by atoms with E-state index in [4.69, 9.17) is 0 Å². The number of rotatable bonds is 7. The summed E-state index contributed by atoms with van der Waals surface area (Å²) in [4.78, 5) is 8.56. The number of aromatic nitrogens is 2. The number of anilines is 5. The van der Waals surface area contributed by atoms with Gasteiger partial charge in [-0.1, -0.05) is 0 Å². The molecule has 3 aromatic rings. The van der Waals surface area contributed by atoms with Crippen LogP contribution in [0.5, 0.6) is 0 Å². The van der Waals surface area contributed by atoms with Gasteiger partial charge in [0.15, 0.2) is 0 Å². The largest absolute Gasteiger partial charge is 0.340 e. The molecule has 0 saturated carbocycles. The maximum atomic E-state index is 15.0. The van der Waals surface area contributed by atoms with Crippen LogP contribution in [-0.2, 0) is 10.0 Å². The summed E-state index contributed by atoms with van der Waals surface area (Å²) < 4.78 is 72.7. The van der Waals surface area contributed by atoms with Gasteiger partial charge in [0.05, 0.1) is 10.4 Å². The summed E-state index contributed by atoms with van der Waals surface area (Å²) in [6.45, 7) is 7.87. The fraction of sp³-hybridized carbons (Fsp3) is 0.385. The molecule has 4 rings (SSSR count). The topological polar surface area (TPSA) is 99.2 Å². The number of halogens is 4. The smallest absolute Gasteiger partial charge is 0.237 e. The van der Waals surface area contributed by atoms with E-state index in [0.29, 0.717) is 24.2 Å². The van der Waals surface area contributed by atoms with E-state index in [-0.39, 0.29) is 34.5 Å². The molecule has 3 N–H and O–H groups in total. The molecule has 1 aromatic heterocycles.